The number of carboxylic acids is 1. The highest BCUT2D eigenvalue weighted by molar-refractivity contribution is 5.83. The van der Waals surface area contributed by atoms with Gasteiger partial charge in [0.15, 0.2) is 0 Å². The maximum absolute atomic E-state index is 12.4. The number of Topliss-reactive ketones (excluding diaryl/α,β-unsaturated/α-hetero) is 1. The second-order valence-corrected chi connectivity index (χ2v) is 19.4. The first-order valence-electron chi connectivity index (χ1n) is 25.9. The second kappa shape index (κ2) is 33.9. The summed E-state index contributed by atoms with van der Waals surface area (Å²) in [5.41, 5.74) is 12.1. The van der Waals surface area contributed by atoms with E-state index >= 15 is 0 Å². The number of benzene rings is 1. The van der Waals surface area contributed by atoms with Crippen molar-refractivity contribution in [2.45, 2.75) is 255 Å². The van der Waals surface area contributed by atoms with Gasteiger partial charge in [0.05, 0.1) is 18.6 Å². The van der Waals surface area contributed by atoms with Gasteiger partial charge in [0, 0.05) is 42.9 Å². The molecule has 1 unspecified atom stereocenters. The van der Waals surface area contributed by atoms with E-state index in [1.54, 1.807) is 0 Å². The molecule has 354 valence electrons. The van der Waals surface area contributed by atoms with E-state index in [4.69, 9.17) is 11.5 Å². The maximum atomic E-state index is 12.4. The van der Waals surface area contributed by atoms with Gasteiger partial charge in [-0.1, -0.05) is 165 Å². The molecule has 9 nitrogen and oxygen atoms in total. The minimum absolute atomic E-state index is 0.0556. The highest BCUT2D eigenvalue weighted by Crippen LogP contribution is 2.34. The van der Waals surface area contributed by atoms with Gasteiger partial charge in [-0.2, -0.15) is 0 Å². The Morgan fingerprint density at radius 1 is 0.710 bits per heavy atom. The maximum Gasteiger partial charge on any atom is 0.305 e. The summed E-state index contributed by atoms with van der Waals surface area (Å²) in [6.07, 6.45) is 41.7. The van der Waals surface area contributed by atoms with Gasteiger partial charge in [-0.05, 0) is 88.5 Å². The zero-order valence-electron chi connectivity index (χ0n) is 39.3. The molecular weight excluding hydrogens is 773 g/mol. The van der Waals surface area contributed by atoms with Crippen LogP contribution in [0.1, 0.15) is 230 Å². The molecule has 8 N–H and O–H groups in total. The van der Waals surface area contributed by atoms with Crippen LogP contribution < -0.4 is 22.1 Å². The third kappa shape index (κ3) is 25.0. The molecule has 4 atom stereocenters. The molecule has 9 heteroatoms. The second-order valence-electron chi connectivity index (χ2n) is 19.4. The fourth-order valence-corrected chi connectivity index (χ4v) is 10.0. The Morgan fingerprint density at radius 2 is 1.24 bits per heavy atom. The summed E-state index contributed by atoms with van der Waals surface area (Å²) in [4.78, 5) is 35.9. The Balaban J connectivity index is 0.000000300. The van der Waals surface area contributed by atoms with E-state index in [2.05, 4.69) is 23.6 Å². The van der Waals surface area contributed by atoms with E-state index in [0.717, 1.165) is 81.9 Å². The lowest BCUT2D eigenvalue weighted by molar-refractivity contribution is -0.137. The van der Waals surface area contributed by atoms with Crippen LogP contribution in [0.15, 0.2) is 42.5 Å². The highest BCUT2D eigenvalue weighted by Gasteiger charge is 2.32. The first-order valence-corrected chi connectivity index (χ1v) is 25.9. The van der Waals surface area contributed by atoms with Crippen LogP contribution in [-0.2, 0) is 14.4 Å². The molecule has 0 heterocycles. The predicted octanol–water partition coefficient (Wildman–Crippen LogP) is 11.5. The summed E-state index contributed by atoms with van der Waals surface area (Å²) in [6, 6.07) is 11.5. The lowest BCUT2D eigenvalue weighted by Gasteiger charge is -2.30. The van der Waals surface area contributed by atoms with Crippen molar-refractivity contribution in [2.24, 2.45) is 23.3 Å². The monoisotopic (exact) mass is 865 g/mol. The van der Waals surface area contributed by atoms with Crippen molar-refractivity contribution in [3.8, 4) is 0 Å². The largest absolute Gasteiger partial charge is 0.481 e. The third-order valence-corrected chi connectivity index (χ3v) is 13.9. The first kappa shape index (κ1) is 53.7. The molecule has 5 saturated carbocycles. The number of aliphatic carboxylic acids is 1. The molecule has 1 aromatic carbocycles. The Morgan fingerprint density at radius 3 is 1.74 bits per heavy atom. The number of carbonyl (C=O) groups excluding carboxylic acids is 2. The number of nitrogens with two attached hydrogens (primary N) is 2. The molecule has 5 aliphatic carbocycles. The standard InChI is InChI=1S/C29H43NO5.C12H23N.2C6H13N/c1-2-3-7-14-24(31)19-17-22-18-20-27(32)25(22)15-10-4-5-11-16-28(33)30-26(21-29(34)35)23-12-8-6-9-13-23;1-3-7-11(8-4-1)13-12-9-5-2-6-10-12;2*7-6-4-2-1-3-5-6/h6,8-9,12-13,17,19,22,24-26,31H,2-5,7,10-11,14-16,18,20-21H2,1H3,(H,30,33)(H,34,35);11-13H,1-10H2;2*6H,1-5,7H2/b19-17+;;;/t22-,24-,25+,26?;;;/m0.../s1. The quantitative estimate of drug-likeness (QED) is 0.0590. The summed E-state index contributed by atoms with van der Waals surface area (Å²) in [6.45, 7) is 2.15. The van der Waals surface area contributed by atoms with Crippen molar-refractivity contribution in [1.29, 1.82) is 0 Å². The number of unbranched alkanes of at least 4 members (excludes halogenated alkanes) is 5. The molecule has 6 rings (SSSR count). The van der Waals surface area contributed by atoms with Crippen molar-refractivity contribution in [2.75, 3.05) is 0 Å². The lowest BCUT2D eigenvalue weighted by Crippen LogP contribution is -2.40. The van der Waals surface area contributed by atoms with Gasteiger partial charge in [0.1, 0.15) is 5.78 Å². The number of amides is 1. The summed E-state index contributed by atoms with van der Waals surface area (Å²) in [5.74, 6) is -0.447. The first-order chi connectivity index (χ1) is 30.1. The number of carboxylic acid groups (broad SMARTS) is 1. The molecule has 5 aliphatic rings. The molecule has 1 aromatic rings. The molecule has 0 saturated heterocycles. The van der Waals surface area contributed by atoms with Crippen LogP contribution in [0.3, 0.4) is 0 Å². The van der Waals surface area contributed by atoms with Gasteiger partial charge in [-0.15, -0.1) is 0 Å². The van der Waals surface area contributed by atoms with Crippen molar-refractivity contribution < 1.29 is 24.6 Å². The van der Waals surface area contributed by atoms with Crippen LogP contribution in [-0.4, -0.2) is 58.1 Å². The number of ketones is 1. The van der Waals surface area contributed by atoms with Gasteiger partial charge in [0.25, 0.3) is 0 Å². The van der Waals surface area contributed by atoms with Crippen molar-refractivity contribution in [1.82, 2.24) is 10.6 Å². The molecule has 0 spiro atoms. The summed E-state index contributed by atoms with van der Waals surface area (Å²) in [7, 11) is 0. The minimum Gasteiger partial charge on any atom is -0.481 e. The van der Waals surface area contributed by atoms with Gasteiger partial charge in [-0.3, -0.25) is 14.4 Å². The number of hydrogen-bond acceptors (Lipinski definition) is 7. The zero-order valence-corrected chi connectivity index (χ0v) is 39.3. The van der Waals surface area contributed by atoms with Crippen molar-refractivity contribution >= 4 is 17.7 Å². The third-order valence-electron chi connectivity index (χ3n) is 13.9. The van der Waals surface area contributed by atoms with Crippen LogP contribution in [0.5, 0.6) is 0 Å². The lowest BCUT2D eigenvalue weighted by atomic mass is 9.89. The average molecular weight is 865 g/mol. The van der Waals surface area contributed by atoms with E-state index < -0.39 is 18.1 Å². The molecular formula is C53H92N4O5. The van der Waals surface area contributed by atoms with E-state index in [1.165, 1.54) is 128 Å². The van der Waals surface area contributed by atoms with E-state index in [9.17, 15) is 24.6 Å². The molecule has 0 aliphatic heterocycles. The van der Waals surface area contributed by atoms with Crippen molar-refractivity contribution in [3.05, 3.63) is 48.0 Å². The van der Waals surface area contributed by atoms with Gasteiger partial charge < -0.3 is 32.3 Å². The molecule has 0 radical (unpaired) electrons. The number of nitrogens with one attached hydrogen (secondary N) is 2. The summed E-state index contributed by atoms with van der Waals surface area (Å²) in [5, 5.41) is 26.0. The van der Waals surface area contributed by atoms with Crippen LogP contribution >= 0.6 is 0 Å². The Kier molecular flexibility index (Phi) is 29.3. The Hall–Kier alpha value is -2.59. The van der Waals surface area contributed by atoms with Crippen LogP contribution in [0, 0.1) is 11.8 Å². The van der Waals surface area contributed by atoms with Gasteiger partial charge in [0.2, 0.25) is 5.91 Å². The smallest absolute Gasteiger partial charge is 0.305 e. The number of rotatable bonds is 19. The number of hydrogen-bond donors (Lipinski definition) is 6. The minimum atomic E-state index is -0.945. The van der Waals surface area contributed by atoms with E-state index in [1.807, 2.05) is 36.4 Å². The van der Waals surface area contributed by atoms with Crippen LogP contribution in [0.4, 0.5) is 0 Å². The van der Waals surface area contributed by atoms with E-state index in [0.29, 0.717) is 30.7 Å². The van der Waals surface area contributed by atoms with Gasteiger partial charge in [-0.25, -0.2) is 0 Å². The topological polar surface area (TPSA) is 168 Å². The molecule has 62 heavy (non-hydrogen) atoms. The molecule has 0 bridgehead atoms. The molecule has 0 aromatic heterocycles. The Bertz CT molecular complexity index is 1290. The molecule has 1 amide bonds. The van der Waals surface area contributed by atoms with Crippen molar-refractivity contribution in [3.63, 3.8) is 0 Å². The normalized spacial score (nSPS) is 22.6. The number of carbonyl (C=O) groups is 3. The van der Waals surface area contributed by atoms with Crippen LogP contribution in [0.25, 0.3) is 0 Å². The zero-order chi connectivity index (χ0) is 44.6. The summed E-state index contributed by atoms with van der Waals surface area (Å²) >= 11 is 0. The molecule has 5 fully saturated rings. The van der Waals surface area contributed by atoms with E-state index in [-0.39, 0.29) is 24.2 Å². The van der Waals surface area contributed by atoms with Crippen LogP contribution in [0.2, 0.25) is 0 Å². The predicted molar refractivity (Wildman–Crippen MR) is 257 cm³/mol. The number of aliphatic hydroxyl groups excluding tert-OH is 1. The Labute approximate surface area is 378 Å². The fourth-order valence-electron chi connectivity index (χ4n) is 10.0. The van der Waals surface area contributed by atoms with Gasteiger partial charge >= 0.3 is 5.97 Å². The number of allylic oxidation sites excluding steroid dienone is 1. The fraction of sp³-hybridized carbons (Fsp3) is 0.792. The summed E-state index contributed by atoms with van der Waals surface area (Å²) < 4.78 is 0. The average Bonchev–Trinajstić information content (AvgIpc) is 3.64. The SMILES string of the molecule is C1CCC(NC2CCCCC2)CC1.CCCCC[C@H](O)/C=C/[C@H]1CCC(=O)[C@@H]1CCCCCCC(=O)NC(CC(=O)O)c1ccccc1.NC1CCCCC1.NC1CCCCC1. The highest BCUT2D eigenvalue weighted by atomic mass is 16.4. The number of aliphatic hydroxyl groups is 1.